The van der Waals surface area contributed by atoms with Gasteiger partial charge in [-0.3, -0.25) is 4.79 Å². The van der Waals surface area contributed by atoms with Crippen LogP contribution in [0.1, 0.15) is 51.9 Å². The van der Waals surface area contributed by atoms with E-state index in [4.69, 9.17) is 0 Å². The van der Waals surface area contributed by atoms with Crippen molar-refractivity contribution in [3.8, 4) is 0 Å². The number of carbonyl (C=O) groups excluding carboxylic acids is 1. The smallest absolute Gasteiger partial charge is 0.236 e. The molecule has 1 N–H and O–H groups in total. The van der Waals surface area contributed by atoms with Crippen LogP contribution in [0, 0.1) is 0 Å². The third-order valence-corrected chi connectivity index (χ3v) is 3.19. The van der Waals surface area contributed by atoms with Crippen LogP contribution in [0.15, 0.2) is 0 Å². The number of nitrogens with one attached hydrogen (secondary N) is 1. The normalized spacial score (nSPS) is 16.4. The Morgan fingerprint density at radius 2 is 1.88 bits per heavy atom. The van der Waals surface area contributed by atoms with Crippen LogP contribution < -0.4 is 5.32 Å². The molecule has 0 spiro atoms. The van der Waals surface area contributed by atoms with Crippen molar-refractivity contribution in [1.82, 2.24) is 10.2 Å². The average molecular weight is 226 g/mol. The van der Waals surface area contributed by atoms with E-state index >= 15 is 0 Å². The summed E-state index contributed by atoms with van der Waals surface area (Å²) in [6.45, 7) is 5.67. The van der Waals surface area contributed by atoms with Gasteiger partial charge in [0.25, 0.3) is 0 Å². The van der Waals surface area contributed by atoms with Crippen molar-refractivity contribution < 1.29 is 4.79 Å². The second-order valence-electron chi connectivity index (χ2n) is 4.68. The van der Waals surface area contributed by atoms with Crippen LogP contribution in [-0.2, 0) is 4.79 Å². The lowest BCUT2D eigenvalue weighted by molar-refractivity contribution is -0.131. The fourth-order valence-electron chi connectivity index (χ4n) is 2.13. The van der Waals surface area contributed by atoms with Crippen molar-refractivity contribution in [2.75, 3.05) is 26.2 Å². The topological polar surface area (TPSA) is 32.3 Å². The highest BCUT2D eigenvalue weighted by Crippen LogP contribution is 2.08. The molecule has 0 radical (unpaired) electrons. The number of hydrogen-bond acceptors (Lipinski definition) is 2. The number of piperidine rings is 1. The van der Waals surface area contributed by atoms with Gasteiger partial charge in [0.2, 0.25) is 5.91 Å². The molecule has 1 aliphatic heterocycles. The van der Waals surface area contributed by atoms with E-state index in [0.29, 0.717) is 6.54 Å². The molecule has 3 heteroatoms. The first-order valence-corrected chi connectivity index (χ1v) is 6.83. The van der Waals surface area contributed by atoms with Gasteiger partial charge in [0.1, 0.15) is 0 Å². The summed E-state index contributed by atoms with van der Waals surface area (Å²) >= 11 is 0. The van der Waals surface area contributed by atoms with Gasteiger partial charge in [-0.1, -0.05) is 26.2 Å². The summed E-state index contributed by atoms with van der Waals surface area (Å²) in [6.07, 6.45) is 8.70. The average Bonchev–Trinajstić information content (AvgIpc) is 2.34. The summed E-state index contributed by atoms with van der Waals surface area (Å²) in [5, 5.41) is 3.25. The highest BCUT2D eigenvalue weighted by Gasteiger charge is 2.15. The van der Waals surface area contributed by atoms with E-state index in [-0.39, 0.29) is 5.91 Å². The Hall–Kier alpha value is -0.570. The SMILES string of the molecule is CCCCCCNCC(=O)N1CCCCC1. The van der Waals surface area contributed by atoms with Crippen molar-refractivity contribution in [3.63, 3.8) is 0 Å². The molecule has 1 rings (SSSR count). The fourth-order valence-corrected chi connectivity index (χ4v) is 2.13. The van der Waals surface area contributed by atoms with Crippen LogP contribution >= 0.6 is 0 Å². The molecule has 0 saturated carbocycles. The third-order valence-electron chi connectivity index (χ3n) is 3.19. The molecule has 1 saturated heterocycles. The van der Waals surface area contributed by atoms with E-state index < -0.39 is 0 Å². The van der Waals surface area contributed by atoms with Crippen molar-refractivity contribution >= 4 is 5.91 Å². The predicted molar refractivity (Wildman–Crippen MR) is 67.4 cm³/mol. The monoisotopic (exact) mass is 226 g/mol. The summed E-state index contributed by atoms with van der Waals surface area (Å²) in [5.41, 5.74) is 0. The molecule has 0 aliphatic carbocycles. The van der Waals surface area contributed by atoms with Gasteiger partial charge in [0, 0.05) is 13.1 Å². The van der Waals surface area contributed by atoms with E-state index in [0.717, 1.165) is 19.6 Å². The minimum atomic E-state index is 0.287. The van der Waals surface area contributed by atoms with Crippen molar-refractivity contribution in [3.05, 3.63) is 0 Å². The Balaban J connectivity index is 1.97. The van der Waals surface area contributed by atoms with Crippen molar-refractivity contribution in [2.24, 2.45) is 0 Å². The quantitative estimate of drug-likeness (QED) is 0.675. The predicted octanol–water partition coefficient (Wildman–Crippen LogP) is 2.17. The molecule has 1 amide bonds. The first kappa shape index (κ1) is 13.5. The number of amides is 1. The first-order chi connectivity index (χ1) is 7.84. The largest absolute Gasteiger partial charge is 0.342 e. The molecule has 94 valence electrons. The van der Waals surface area contributed by atoms with Crippen LogP contribution in [0.4, 0.5) is 0 Å². The standard InChI is InChI=1S/C13H26N2O/c1-2-3-4-6-9-14-12-13(16)15-10-7-5-8-11-15/h14H,2-12H2,1H3. The molecule has 16 heavy (non-hydrogen) atoms. The number of rotatable bonds is 7. The van der Waals surface area contributed by atoms with Gasteiger partial charge in [-0.25, -0.2) is 0 Å². The third kappa shape index (κ3) is 5.50. The Morgan fingerprint density at radius 3 is 2.56 bits per heavy atom. The van der Waals surface area contributed by atoms with E-state index in [9.17, 15) is 4.79 Å². The maximum absolute atomic E-state index is 11.8. The van der Waals surface area contributed by atoms with E-state index in [2.05, 4.69) is 12.2 Å². The zero-order chi connectivity index (χ0) is 11.6. The fraction of sp³-hybridized carbons (Fsp3) is 0.923. The molecule has 3 nitrogen and oxygen atoms in total. The van der Waals surface area contributed by atoms with E-state index in [1.807, 2.05) is 4.90 Å². The lowest BCUT2D eigenvalue weighted by Gasteiger charge is -2.26. The van der Waals surface area contributed by atoms with Crippen molar-refractivity contribution in [1.29, 1.82) is 0 Å². The number of nitrogens with zero attached hydrogens (tertiary/aromatic N) is 1. The van der Waals surface area contributed by atoms with Gasteiger partial charge in [-0.15, -0.1) is 0 Å². The zero-order valence-corrected chi connectivity index (χ0v) is 10.6. The van der Waals surface area contributed by atoms with E-state index in [1.165, 1.54) is 44.9 Å². The van der Waals surface area contributed by atoms with Crippen LogP contribution in [-0.4, -0.2) is 37.0 Å². The molecule has 1 aliphatic rings. The molecule has 1 fully saturated rings. The minimum Gasteiger partial charge on any atom is -0.342 e. The van der Waals surface area contributed by atoms with Crippen molar-refractivity contribution in [2.45, 2.75) is 51.9 Å². The van der Waals surface area contributed by atoms with E-state index in [1.54, 1.807) is 0 Å². The summed E-state index contributed by atoms with van der Waals surface area (Å²) in [7, 11) is 0. The Bertz CT molecular complexity index is 188. The number of likely N-dealkylation sites (tertiary alicyclic amines) is 1. The highest BCUT2D eigenvalue weighted by molar-refractivity contribution is 5.78. The summed E-state index contributed by atoms with van der Waals surface area (Å²) < 4.78 is 0. The molecule has 0 aromatic heterocycles. The van der Waals surface area contributed by atoms with Crippen LogP contribution in [0.2, 0.25) is 0 Å². The highest BCUT2D eigenvalue weighted by atomic mass is 16.2. The molecule has 0 aromatic carbocycles. The lowest BCUT2D eigenvalue weighted by Crippen LogP contribution is -2.41. The summed E-state index contributed by atoms with van der Waals surface area (Å²) in [6, 6.07) is 0. The van der Waals surface area contributed by atoms with Gasteiger partial charge >= 0.3 is 0 Å². The maximum atomic E-state index is 11.8. The molecule has 1 heterocycles. The van der Waals surface area contributed by atoms with Gasteiger partial charge in [-0.05, 0) is 32.2 Å². The molecule has 0 unspecified atom stereocenters. The number of hydrogen-bond donors (Lipinski definition) is 1. The number of unbranched alkanes of at least 4 members (excludes halogenated alkanes) is 3. The maximum Gasteiger partial charge on any atom is 0.236 e. The molecule has 0 atom stereocenters. The van der Waals surface area contributed by atoms with Gasteiger partial charge in [-0.2, -0.15) is 0 Å². The zero-order valence-electron chi connectivity index (χ0n) is 10.6. The van der Waals surface area contributed by atoms with Gasteiger partial charge in [0.05, 0.1) is 6.54 Å². The summed E-state index contributed by atoms with van der Waals surface area (Å²) in [4.78, 5) is 13.8. The molecule has 0 bridgehead atoms. The molecule has 0 aromatic rings. The van der Waals surface area contributed by atoms with Crippen LogP contribution in [0.3, 0.4) is 0 Å². The minimum absolute atomic E-state index is 0.287. The molecular weight excluding hydrogens is 200 g/mol. The lowest BCUT2D eigenvalue weighted by atomic mass is 10.1. The second kappa shape index (κ2) is 8.57. The van der Waals surface area contributed by atoms with Gasteiger partial charge in [0.15, 0.2) is 0 Å². The number of carbonyl (C=O) groups is 1. The second-order valence-corrected chi connectivity index (χ2v) is 4.68. The Labute approximate surface area is 99.6 Å². The van der Waals surface area contributed by atoms with Crippen LogP contribution in [0.5, 0.6) is 0 Å². The van der Waals surface area contributed by atoms with Crippen LogP contribution in [0.25, 0.3) is 0 Å². The Morgan fingerprint density at radius 1 is 1.12 bits per heavy atom. The van der Waals surface area contributed by atoms with Gasteiger partial charge < -0.3 is 10.2 Å². The Kier molecular flexibility index (Phi) is 7.23. The molecular formula is C13H26N2O. The first-order valence-electron chi connectivity index (χ1n) is 6.83. The summed E-state index contributed by atoms with van der Waals surface area (Å²) in [5.74, 6) is 0.287.